The minimum atomic E-state index is 0.0322. The largest absolute Gasteiger partial charge is 0.456 e. The van der Waals surface area contributed by atoms with Gasteiger partial charge in [-0.25, -0.2) is 0 Å². The Labute approximate surface area is 129 Å². The van der Waals surface area contributed by atoms with Gasteiger partial charge in [0.1, 0.15) is 11.3 Å². The summed E-state index contributed by atoms with van der Waals surface area (Å²) in [6, 6.07) is 15.7. The van der Waals surface area contributed by atoms with Gasteiger partial charge in [0.25, 0.3) is 0 Å². The molecule has 2 heteroatoms. The fourth-order valence-corrected chi connectivity index (χ4v) is 2.49. The van der Waals surface area contributed by atoms with E-state index in [1.165, 1.54) is 5.56 Å². The fraction of sp³-hybridized carbons (Fsp3) is 0.150. The highest BCUT2D eigenvalue weighted by atomic mass is 16.3. The molecule has 1 heterocycles. The van der Waals surface area contributed by atoms with Crippen molar-refractivity contribution in [3.8, 4) is 0 Å². The molecule has 1 aromatic heterocycles. The second-order valence-corrected chi connectivity index (χ2v) is 5.61. The minimum absolute atomic E-state index is 0.0322. The van der Waals surface area contributed by atoms with Crippen LogP contribution in [0.4, 0.5) is 0 Å². The van der Waals surface area contributed by atoms with Gasteiger partial charge in [0.2, 0.25) is 0 Å². The molecule has 0 unspecified atom stereocenters. The molecule has 0 fully saturated rings. The molecule has 0 spiro atoms. The van der Waals surface area contributed by atoms with Crippen molar-refractivity contribution >= 4 is 22.6 Å². The molecule has 2 nitrogen and oxygen atoms in total. The lowest BCUT2D eigenvalue weighted by Crippen LogP contribution is -2.07. The van der Waals surface area contributed by atoms with E-state index in [9.17, 15) is 4.79 Å². The average Bonchev–Trinajstić information content (AvgIpc) is 2.53. The van der Waals surface area contributed by atoms with E-state index in [0.29, 0.717) is 22.3 Å². The van der Waals surface area contributed by atoms with Crippen LogP contribution < -0.4 is 5.43 Å². The second-order valence-electron chi connectivity index (χ2n) is 5.61. The van der Waals surface area contributed by atoms with Crippen LogP contribution in [-0.2, 0) is 0 Å². The third-order valence-electron chi connectivity index (χ3n) is 3.92. The summed E-state index contributed by atoms with van der Waals surface area (Å²) in [5.74, 6) is 0.627. The van der Waals surface area contributed by atoms with E-state index in [-0.39, 0.29) is 5.43 Å². The van der Waals surface area contributed by atoms with E-state index < -0.39 is 0 Å². The van der Waals surface area contributed by atoms with E-state index in [2.05, 4.69) is 31.2 Å². The molecule has 0 aliphatic heterocycles. The number of para-hydroxylation sites is 1. The molecule has 0 aliphatic carbocycles. The quantitative estimate of drug-likeness (QED) is 0.667. The molecule has 0 saturated carbocycles. The van der Waals surface area contributed by atoms with Gasteiger partial charge in [-0.1, -0.05) is 42.0 Å². The summed E-state index contributed by atoms with van der Waals surface area (Å²) < 4.78 is 5.91. The van der Waals surface area contributed by atoms with Crippen molar-refractivity contribution < 1.29 is 4.42 Å². The van der Waals surface area contributed by atoms with Gasteiger partial charge < -0.3 is 4.42 Å². The maximum Gasteiger partial charge on any atom is 0.196 e. The highest BCUT2D eigenvalue weighted by Crippen LogP contribution is 2.22. The Balaban J connectivity index is 2.14. The second kappa shape index (κ2) is 5.64. The summed E-state index contributed by atoms with van der Waals surface area (Å²) in [4.78, 5) is 12.4. The van der Waals surface area contributed by atoms with E-state index in [0.717, 1.165) is 11.1 Å². The lowest BCUT2D eigenvalue weighted by atomic mass is 10.0. The first-order chi connectivity index (χ1) is 10.6. The van der Waals surface area contributed by atoms with E-state index in [4.69, 9.17) is 4.42 Å². The van der Waals surface area contributed by atoms with Crippen LogP contribution in [0.2, 0.25) is 0 Å². The number of benzene rings is 2. The van der Waals surface area contributed by atoms with Gasteiger partial charge in [-0.3, -0.25) is 4.79 Å². The minimum Gasteiger partial charge on any atom is -0.456 e. The summed E-state index contributed by atoms with van der Waals surface area (Å²) in [6.07, 6.45) is 1.94. The van der Waals surface area contributed by atoms with Crippen molar-refractivity contribution in [3.05, 3.63) is 81.2 Å². The summed E-state index contributed by atoms with van der Waals surface area (Å²) in [7, 11) is 0. The van der Waals surface area contributed by atoms with Gasteiger partial charge in [0.15, 0.2) is 5.43 Å². The zero-order chi connectivity index (χ0) is 15.7. The molecule has 0 saturated heterocycles. The molecule has 0 atom stereocenters. The Kier molecular flexibility index (Phi) is 3.68. The van der Waals surface area contributed by atoms with Crippen LogP contribution in [0.5, 0.6) is 0 Å². The molecule has 3 aromatic rings. The van der Waals surface area contributed by atoms with Crippen LogP contribution in [-0.4, -0.2) is 0 Å². The van der Waals surface area contributed by atoms with Crippen molar-refractivity contribution in [2.75, 3.05) is 0 Å². The smallest absolute Gasteiger partial charge is 0.196 e. The third kappa shape index (κ3) is 2.60. The van der Waals surface area contributed by atoms with Crippen molar-refractivity contribution in [1.82, 2.24) is 0 Å². The zero-order valence-electron chi connectivity index (χ0n) is 13.0. The normalized spacial score (nSPS) is 11.9. The lowest BCUT2D eigenvalue weighted by molar-refractivity contribution is 0.585. The number of allylic oxidation sites excluding steroid dienone is 1. The molecule has 0 radical (unpaired) electrons. The maximum atomic E-state index is 12.4. The Morgan fingerprint density at radius 3 is 2.41 bits per heavy atom. The summed E-state index contributed by atoms with van der Waals surface area (Å²) in [5, 5.41) is 0.630. The summed E-state index contributed by atoms with van der Waals surface area (Å²) >= 11 is 0. The molecule has 2 aromatic carbocycles. The van der Waals surface area contributed by atoms with Gasteiger partial charge in [0.05, 0.1) is 5.39 Å². The number of aryl methyl sites for hydroxylation is 1. The van der Waals surface area contributed by atoms with Gasteiger partial charge in [0, 0.05) is 5.56 Å². The monoisotopic (exact) mass is 290 g/mol. The topological polar surface area (TPSA) is 30.2 Å². The van der Waals surface area contributed by atoms with Crippen LogP contribution in [0.3, 0.4) is 0 Å². The molecule has 0 bridgehead atoms. The number of fused-ring (bicyclic) bond motifs is 1. The molecule has 0 aliphatic rings. The third-order valence-corrected chi connectivity index (χ3v) is 3.92. The molecule has 0 amide bonds. The number of hydrogen-bond donors (Lipinski definition) is 0. The highest BCUT2D eigenvalue weighted by molar-refractivity contribution is 5.83. The van der Waals surface area contributed by atoms with Crippen LogP contribution >= 0.6 is 0 Å². The van der Waals surface area contributed by atoms with E-state index >= 15 is 0 Å². The van der Waals surface area contributed by atoms with Crippen molar-refractivity contribution in [2.24, 2.45) is 0 Å². The van der Waals surface area contributed by atoms with E-state index in [1.54, 1.807) is 6.07 Å². The van der Waals surface area contributed by atoms with Crippen LogP contribution in [0.1, 0.15) is 29.4 Å². The van der Waals surface area contributed by atoms with Crippen LogP contribution in [0.25, 0.3) is 22.6 Å². The van der Waals surface area contributed by atoms with Gasteiger partial charge in [-0.15, -0.1) is 0 Å². The summed E-state index contributed by atoms with van der Waals surface area (Å²) in [5.41, 5.74) is 4.73. The molecule has 22 heavy (non-hydrogen) atoms. The predicted molar refractivity (Wildman–Crippen MR) is 91.9 cm³/mol. The zero-order valence-corrected chi connectivity index (χ0v) is 13.0. The number of hydrogen-bond acceptors (Lipinski definition) is 2. The highest BCUT2D eigenvalue weighted by Gasteiger charge is 2.09. The predicted octanol–water partition coefficient (Wildman–Crippen LogP) is 4.97. The standard InChI is InChI=1S/C20H18O2/c1-13-8-10-16(11-9-13)14(2)12-19-15(3)20(21)17-6-4-5-7-18(17)22-19/h4-12H,1-3H3/b14-12+. The van der Waals surface area contributed by atoms with Crippen molar-refractivity contribution in [1.29, 1.82) is 0 Å². The molecular formula is C20H18O2. The lowest BCUT2D eigenvalue weighted by Gasteiger charge is -2.06. The summed E-state index contributed by atoms with van der Waals surface area (Å²) in [6.45, 7) is 5.90. The van der Waals surface area contributed by atoms with Crippen molar-refractivity contribution in [3.63, 3.8) is 0 Å². The fourth-order valence-electron chi connectivity index (χ4n) is 2.49. The Morgan fingerprint density at radius 2 is 1.68 bits per heavy atom. The molecule has 3 rings (SSSR count). The maximum absolute atomic E-state index is 12.4. The molecule has 110 valence electrons. The first-order valence-corrected chi connectivity index (χ1v) is 7.34. The first-order valence-electron chi connectivity index (χ1n) is 7.34. The van der Waals surface area contributed by atoms with Gasteiger partial charge in [-0.05, 0) is 50.1 Å². The van der Waals surface area contributed by atoms with Crippen LogP contribution in [0.15, 0.2) is 57.7 Å². The Morgan fingerprint density at radius 1 is 1.00 bits per heavy atom. The SMILES string of the molecule is C/C(=C\c1oc2ccccc2c(=O)c1C)c1ccc(C)cc1. The van der Waals surface area contributed by atoms with E-state index in [1.807, 2.05) is 38.1 Å². The number of rotatable bonds is 2. The Hall–Kier alpha value is -2.61. The molecular weight excluding hydrogens is 272 g/mol. The van der Waals surface area contributed by atoms with Crippen LogP contribution in [0, 0.1) is 13.8 Å². The Bertz CT molecular complexity index is 913. The van der Waals surface area contributed by atoms with Crippen molar-refractivity contribution in [2.45, 2.75) is 20.8 Å². The molecule has 0 N–H and O–H groups in total. The van der Waals surface area contributed by atoms with Gasteiger partial charge in [-0.2, -0.15) is 0 Å². The average molecular weight is 290 g/mol. The van der Waals surface area contributed by atoms with Gasteiger partial charge >= 0.3 is 0 Å². The first kappa shape index (κ1) is 14.3.